The minimum Gasteiger partial charge on any atom is -0.493 e. The zero-order valence-corrected chi connectivity index (χ0v) is 16.0. The predicted octanol–water partition coefficient (Wildman–Crippen LogP) is 4.32. The molecule has 1 N–H and O–H groups in total. The number of nitrogens with one attached hydrogen (secondary N) is 1. The summed E-state index contributed by atoms with van der Waals surface area (Å²) in [5.41, 5.74) is 0.851. The third kappa shape index (κ3) is 4.80. The molecule has 2 aromatic heterocycles. The fourth-order valence-electron chi connectivity index (χ4n) is 2.71. The summed E-state index contributed by atoms with van der Waals surface area (Å²) in [6, 6.07) is 13.3. The van der Waals surface area contributed by atoms with Gasteiger partial charge in [0.2, 0.25) is 5.91 Å². The molecule has 0 aliphatic heterocycles. The average Bonchev–Trinajstić information content (AvgIpc) is 3.41. The second-order valence-electron chi connectivity index (χ2n) is 5.78. The number of furan rings is 1. The lowest BCUT2D eigenvalue weighted by molar-refractivity contribution is -0.116. The number of rotatable bonds is 8. The Labute approximate surface area is 162 Å². The van der Waals surface area contributed by atoms with Crippen molar-refractivity contribution in [3.05, 3.63) is 76.4 Å². The zero-order valence-electron chi connectivity index (χ0n) is 15.2. The zero-order chi connectivity index (χ0) is 19.1. The van der Waals surface area contributed by atoms with Crippen LogP contribution in [-0.4, -0.2) is 26.7 Å². The Hall–Kier alpha value is -2.99. The van der Waals surface area contributed by atoms with Gasteiger partial charge in [-0.1, -0.05) is 12.1 Å². The number of ether oxygens (including phenoxy) is 2. The van der Waals surface area contributed by atoms with E-state index in [4.69, 9.17) is 13.9 Å². The molecule has 0 saturated heterocycles. The number of carbonyl (C=O) groups excluding carboxylic acids is 1. The first-order valence-electron chi connectivity index (χ1n) is 8.46. The minimum atomic E-state index is -0.169. The van der Waals surface area contributed by atoms with Crippen LogP contribution in [0.15, 0.2) is 64.6 Å². The highest BCUT2D eigenvalue weighted by atomic mass is 32.1. The number of thiophene rings is 1. The highest BCUT2D eigenvalue weighted by Gasteiger charge is 2.18. The maximum atomic E-state index is 12.3. The molecule has 1 aromatic carbocycles. The van der Waals surface area contributed by atoms with Crippen LogP contribution in [0, 0.1) is 0 Å². The van der Waals surface area contributed by atoms with Gasteiger partial charge in [0.1, 0.15) is 5.76 Å². The van der Waals surface area contributed by atoms with Gasteiger partial charge < -0.3 is 19.2 Å². The van der Waals surface area contributed by atoms with E-state index < -0.39 is 0 Å². The second-order valence-corrected chi connectivity index (χ2v) is 6.76. The van der Waals surface area contributed by atoms with Crippen molar-refractivity contribution in [2.24, 2.45) is 0 Å². The van der Waals surface area contributed by atoms with Crippen LogP contribution in [0.25, 0.3) is 6.08 Å². The van der Waals surface area contributed by atoms with E-state index in [1.165, 1.54) is 6.08 Å². The van der Waals surface area contributed by atoms with Crippen molar-refractivity contribution < 1.29 is 18.7 Å². The predicted molar refractivity (Wildman–Crippen MR) is 106 cm³/mol. The monoisotopic (exact) mass is 383 g/mol. The summed E-state index contributed by atoms with van der Waals surface area (Å²) in [5, 5.41) is 4.96. The van der Waals surface area contributed by atoms with E-state index in [2.05, 4.69) is 5.32 Å². The van der Waals surface area contributed by atoms with Crippen molar-refractivity contribution in [3.63, 3.8) is 0 Å². The standard InChI is InChI=1S/C21H21NO4S/c1-24-18-9-7-15(13-19(18)25-2)8-10-21(23)22-14-16(17-5-3-11-26-17)20-6-4-12-27-20/h3-13,16H,14H2,1-2H3,(H,22,23). The second kappa shape index (κ2) is 9.09. The van der Waals surface area contributed by atoms with Crippen molar-refractivity contribution in [1.82, 2.24) is 5.32 Å². The summed E-state index contributed by atoms with van der Waals surface area (Å²) in [6.07, 6.45) is 4.90. The van der Waals surface area contributed by atoms with Crippen LogP contribution in [0.5, 0.6) is 11.5 Å². The van der Waals surface area contributed by atoms with Gasteiger partial charge in [0, 0.05) is 17.5 Å². The molecule has 1 unspecified atom stereocenters. The molecule has 0 bridgehead atoms. The molecule has 3 aromatic rings. The molecular weight excluding hydrogens is 362 g/mol. The van der Waals surface area contributed by atoms with Gasteiger partial charge in [-0.05, 0) is 47.4 Å². The lowest BCUT2D eigenvalue weighted by Gasteiger charge is -2.13. The van der Waals surface area contributed by atoms with Crippen LogP contribution in [0.2, 0.25) is 0 Å². The Bertz CT molecular complexity index is 851. The van der Waals surface area contributed by atoms with Crippen LogP contribution < -0.4 is 14.8 Å². The molecule has 5 nitrogen and oxygen atoms in total. The third-order valence-corrected chi connectivity index (χ3v) is 5.07. The Morgan fingerprint density at radius 3 is 2.70 bits per heavy atom. The molecule has 3 rings (SSSR count). The number of methoxy groups -OCH3 is 2. The summed E-state index contributed by atoms with van der Waals surface area (Å²) in [6.45, 7) is 0.461. The fourth-order valence-corrected chi connectivity index (χ4v) is 3.55. The Morgan fingerprint density at radius 2 is 2.04 bits per heavy atom. The van der Waals surface area contributed by atoms with Crippen LogP contribution in [0.3, 0.4) is 0 Å². The lowest BCUT2D eigenvalue weighted by Crippen LogP contribution is -2.26. The molecular formula is C21H21NO4S. The molecule has 0 fully saturated rings. The summed E-state index contributed by atoms with van der Waals surface area (Å²) < 4.78 is 16.0. The molecule has 0 radical (unpaired) electrons. The van der Waals surface area contributed by atoms with Crippen LogP contribution in [0.1, 0.15) is 22.1 Å². The maximum Gasteiger partial charge on any atom is 0.244 e. The minimum absolute atomic E-state index is 0.00145. The number of amides is 1. The molecule has 2 heterocycles. The number of carbonyl (C=O) groups is 1. The molecule has 1 atom stereocenters. The number of hydrogen-bond acceptors (Lipinski definition) is 5. The summed E-state index contributed by atoms with van der Waals surface area (Å²) >= 11 is 1.64. The Balaban J connectivity index is 1.64. The van der Waals surface area contributed by atoms with Gasteiger partial charge in [-0.2, -0.15) is 0 Å². The van der Waals surface area contributed by atoms with Crippen molar-refractivity contribution in [2.45, 2.75) is 5.92 Å². The van der Waals surface area contributed by atoms with Crippen molar-refractivity contribution in [3.8, 4) is 11.5 Å². The average molecular weight is 383 g/mol. The largest absolute Gasteiger partial charge is 0.493 e. The first-order valence-corrected chi connectivity index (χ1v) is 9.34. The molecule has 0 spiro atoms. The normalized spacial score (nSPS) is 12.1. The first-order chi connectivity index (χ1) is 13.2. The molecule has 1 amide bonds. The first kappa shape index (κ1) is 18.8. The molecule has 0 saturated carbocycles. The van der Waals surface area contributed by atoms with E-state index >= 15 is 0 Å². The maximum absolute atomic E-state index is 12.3. The van der Waals surface area contributed by atoms with Crippen LogP contribution in [-0.2, 0) is 4.79 Å². The van der Waals surface area contributed by atoms with E-state index in [1.54, 1.807) is 44.0 Å². The van der Waals surface area contributed by atoms with Crippen molar-refractivity contribution in [1.29, 1.82) is 0 Å². The number of hydrogen-bond donors (Lipinski definition) is 1. The summed E-state index contributed by atoms with van der Waals surface area (Å²) in [5.74, 6) is 1.94. The van der Waals surface area contributed by atoms with Gasteiger partial charge in [0.25, 0.3) is 0 Å². The van der Waals surface area contributed by atoms with Crippen molar-refractivity contribution >= 4 is 23.3 Å². The quantitative estimate of drug-likeness (QED) is 0.589. The van der Waals surface area contributed by atoms with Gasteiger partial charge in [-0.15, -0.1) is 11.3 Å². The fraction of sp³-hybridized carbons (Fsp3) is 0.190. The highest BCUT2D eigenvalue weighted by molar-refractivity contribution is 7.10. The molecule has 0 aliphatic rings. The Morgan fingerprint density at radius 1 is 1.19 bits per heavy atom. The van der Waals surface area contributed by atoms with Gasteiger partial charge in [-0.25, -0.2) is 0 Å². The molecule has 27 heavy (non-hydrogen) atoms. The van der Waals surface area contributed by atoms with E-state index in [9.17, 15) is 4.79 Å². The van der Waals surface area contributed by atoms with E-state index in [-0.39, 0.29) is 11.8 Å². The molecule has 6 heteroatoms. The van der Waals surface area contributed by atoms with Gasteiger partial charge in [0.05, 0.1) is 26.4 Å². The van der Waals surface area contributed by atoms with E-state index in [1.807, 2.05) is 41.8 Å². The van der Waals surface area contributed by atoms with E-state index in [0.717, 1.165) is 16.2 Å². The molecule has 140 valence electrons. The van der Waals surface area contributed by atoms with Crippen LogP contribution >= 0.6 is 11.3 Å². The van der Waals surface area contributed by atoms with Gasteiger partial charge in [0.15, 0.2) is 11.5 Å². The van der Waals surface area contributed by atoms with Crippen molar-refractivity contribution in [2.75, 3.05) is 20.8 Å². The summed E-state index contributed by atoms with van der Waals surface area (Å²) in [4.78, 5) is 13.4. The van der Waals surface area contributed by atoms with E-state index in [0.29, 0.717) is 18.0 Å². The SMILES string of the molecule is COc1ccc(C=CC(=O)NCC(c2ccco2)c2cccs2)cc1OC. The van der Waals surface area contributed by atoms with Gasteiger partial charge >= 0.3 is 0 Å². The highest BCUT2D eigenvalue weighted by Crippen LogP contribution is 2.29. The third-order valence-electron chi connectivity index (χ3n) is 4.09. The topological polar surface area (TPSA) is 60.7 Å². The smallest absolute Gasteiger partial charge is 0.244 e. The lowest BCUT2D eigenvalue weighted by atomic mass is 10.0. The summed E-state index contributed by atoms with van der Waals surface area (Å²) in [7, 11) is 3.17. The number of benzene rings is 1. The molecule has 0 aliphatic carbocycles. The van der Waals surface area contributed by atoms with Gasteiger partial charge in [-0.3, -0.25) is 4.79 Å². The van der Waals surface area contributed by atoms with Crippen LogP contribution in [0.4, 0.5) is 0 Å². The Kier molecular flexibility index (Phi) is 6.33.